The first-order valence-corrected chi connectivity index (χ1v) is 11.7. The van der Waals surface area contributed by atoms with Gasteiger partial charge in [-0.2, -0.15) is 0 Å². The lowest BCUT2D eigenvalue weighted by Crippen LogP contribution is -2.48. The van der Waals surface area contributed by atoms with Crippen LogP contribution in [-0.4, -0.2) is 25.2 Å². The monoisotopic (exact) mass is 364 g/mol. The number of rotatable bonds is 4. The predicted molar refractivity (Wildman–Crippen MR) is 95.5 cm³/mol. The summed E-state index contributed by atoms with van der Waals surface area (Å²) in [5.41, 5.74) is 1.44. The van der Waals surface area contributed by atoms with Gasteiger partial charge in [0.2, 0.25) is 0 Å². The van der Waals surface area contributed by atoms with Crippen molar-refractivity contribution in [1.29, 1.82) is 0 Å². The summed E-state index contributed by atoms with van der Waals surface area (Å²) in [6.45, 7) is 0.660. The van der Waals surface area contributed by atoms with Gasteiger partial charge in [0.1, 0.15) is 0 Å². The van der Waals surface area contributed by atoms with E-state index in [1.165, 1.54) is 48.9 Å². The van der Waals surface area contributed by atoms with E-state index < -0.39 is 9.84 Å². The first-order chi connectivity index (χ1) is 11.5. The van der Waals surface area contributed by atoms with E-state index in [4.69, 9.17) is 4.98 Å². The lowest BCUT2D eigenvalue weighted by atomic mass is 9.50. The Morgan fingerprint density at radius 3 is 2.42 bits per heavy atom. The molecule has 4 aliphatic carbocycles. The molecule has 1 aromatic rings. The maximum Gasteiger partial charge on any atom is 0.173 e. The molecule has 4 fully saturated rings. The van der Waals surface area contributed by atoms with Crippen LogP contribution in [0, 0.1) is 17.8 Å². The summed E-state index contributed by atoms with van der Waals surface area (Å²) in [4.78, 5) is 4.98. The normalized spacial score (nSPS) is 42.0. The average Bonchev–Trinajstić information content (AvgIpc) is 3.10. The lowest BCUT2D eigenvalue weighted by molar-refractivity contribution is -0.00534. The molecule has 0 aromatic carbocycles. The van der Waals surface area contributed by atoms with Crippen LogP contribution in [0.15, 0.2) is 16.9 Å². The lowest BCUT2D eigenvalue weighted by Gasteiger charge is -2.56. The van der Waals surface area contributed by atoms with Gasteiger partial charge in [-0.25, -0.2) is 13.4 Å². The van der Waals surface area contributed by atoms with Gasteiger partial charge in [-0.05, 0) is 56.3 Å². The molecule has 130 valence electrons. The van der Waals surface area contributed by atoms with Crippen molar-refractivity contribution in [2.75, 3.05) is 5.75 Å². The molecule has 0 unspecified atom stereocenters. The Labute approximate surface area is 147 Å². The molecule has 4 bridgehead atoms. The van der Waals surface area contributed by atoms with E-state index in [1.807, 2.05) is 11.3 Å². The number of nitrogens with zero attached hydrogens (tertiary/aromatic N) is 1. The number of nitrogens with one attached hydrogen (secondary N) is 1. The van der Waals surface area contributed by atoms with Crippen LogP contribution < -0.4 is 5.32 Å². The highest BCUT2D eigenvalue weighted by Gasteiger charge is 2.52. The van der Waals surface area contributed by atoms with Crippen LogP contribution in [0.2, 0.25) is 0 Å². The third kappa shape index (κ3) is 2.67. The molecule has 0 spiro atoms. The van der Waals surface area contributed by atoms with Crippen LogP contribution in [0.3, 0.4) is 0 Å². The molecule has 0 radical (unpaired) electrons. The van der Waals surface area contributed by atoms with E-state index in [2.05, 4.69) is 10.7 Å². The summed E-state index contributed by atoms with van der Waals surface area (Å²) in [6.07, 6.45) is 10.2. The Kier molecular flexibility index (Phi) is 3.48. The molecule has 1 aliphatic heterocycles. The van der Waals surface area contributed by atoms with Gasteiger partial charge in [0.15, 0.2) is 9.84 Å². The molecule has 6 heteroatoms. The molecule has 2 heterocycles. The zero-order valence-electron chi connectivity index (χ0n) is 13.8. The summed E-state index contributed by atoms with van der Waals surface area (Å²) in [5.74, 6) is 3.00. The molecule has 1 N–H and O–H groups in total. The minimum absolute atomic E-state index is 0.0697. The van der Waals surface area contributed by atoms with Crippen LogP contribution in [0.25, 0.3) is 0 Å². The Hall–Kier alpha value is -0.720. The second-order valence-electron chi connectivity index (χ2n) is 8.49. The fourth-order valence-electron chi connectivity index (χ4n) is 5.94. The third-order valence-corrected chi connectivity index (χ3v) is 9.05. The SMILES string of the molecule is O=S1(=O)C=C[C@@H](NCc2csc(C34CC5CC(CC(C5)C3)C4)n2)C1. The second-order valence-corrected chi connectivity index (χ2v) is 11.3. The third-order valence-electron chi connectivity index (χ3n) is 6.52. The van der Waals surface area contributed by atoms with E-state index in [0.717, 1.165) is 23.4 Å². The Morgan fingerprint density at radius 2 is 1.83 bits per heavy atom. The topological polar surface area (TPSA) is 59.1 Å². The minimum Gasteiger partial charge on any atom is -0.304 e. The van der Waals surface area contributed by atoms with Crippen LogP contribution in [0.1, 0.15) is 49.2 Å². The summed E-state index contributed by atoms with van der Waals surface area (Å²) in [7, 11) is -2.99. The summed E-state index contributed by atoms with van der Waals surface area (Å²) in [5, 5.41) is 8.17. The van der Waals surface area contributed by atoms with Crippen molar-refractivity contribution in [2.45, 2.75) is 56.5 Å². The number of hydrogen-bond donors (Lipinski definition) is 1. The molecule has 1 aromatic heterocycles. The summed E-state index contributed by atoms with van der Waals surface area (Å²) in [6, 6.07) is -0.0697. The van der Waals surface area contributed by atoms with Gasteiger partial charge in [0, 0.05) is 28.8 Å². The van der Waals surface area contributed by atoms with Gasteiger partial charge in [0.05, 0.1) is 16.5 Å². The highest BCUT2D eigenvalue weighted by atomic mass is 32.2. The van der Waals surface area contributed by atoms with Gasteiger partial charge in [0.25, 0.3) is 0 Å². The maximum atomic E-state index is 11.5. The Bertz CT molecular complexity index is 745. The van der Waals surface area contributed by atoms with Crippen LogP contribution in [0.4, 0.5) is 0 Å². The quantitative estimate of drug-likeness (QED) is 0.892. The van der Waals surface area contributed by atoms with Crippen molar-refractivity contribution in [1.82, 2.24) is 10.3 Å². The van der Waals surface area contributed by atoms with E-state index in [-0.39, 0.29) is 11.8 Å². The Balaban J connectivity index is 1.29. The van der Waals surface area contributed by atoms with Crippen LogP contribution >= 0.6 is 11.3 Å². The maximum absolute atomic E-state index is 11.5. The molecule has 0 saturated heterocycles. The smallest absolute Gasteiger partial charge is 0.173 e. The van der Waals surface area contributed by atoms with Crippen molar-refractivity contribution in [3.05, 3.63) is 27.6 Å². The van der Waals surface area contributed by atoms with E-state index >= 15 is 0 Å². The van der Waals surface area contributed by atoms with Gasteiger partial charge in [-0.3, -0.25) is 0 Å². The molecular formula is C18H24N2O2S2. The van der Waals surface area contributed by atoms with E-state index in [1.54, 1.807) is 6.08 Å². The van der Waals surface area contributed by atoms with Gasteiger partial charge < -0.3 is 5.32 Å². The molecular weight excluding hydrogens is 340 g/mol. The molecule has 4 nitrogen and oxygen atoms in total. The fraction of sp³-hybridized carbons (Fsp3) is 0.722. The number of thiazole rings is 1. The zero-order chi connectivity index (χ0) is 16.4. The van der Waals surface area contributed by atoms with Crippen molar-refractivity contribution >= 4 is 21.2 Å². The van der Waals surface area contributed by atoms with Crippen LogP contribution in [0.5, 0.6) is 0 Å². The highest BCUT2D eigenvalue weighted by molar-refractivity contribution is 7.94. The highest BCUT2D eigenvalue weighted by Crippen LogP contribution is 2.61. The van der Waals surface area contributed by atoms with Gasteiger partial charge >= 0.3 is 0 Å². The zero-order valence-corrected chi connectivity index (χ0v) is 15.4. The van der Waals surface area contributed by atoms with E-state index in [0.29, 0.717) is 12.0 Å². The molecule has 6 rings (SSSR count). The molecule has 5 aliphatic rings. The van der Waals surface area contributed by atoms with Gasteiger partial charge in [-0.1, -0.05) is 6.08 Å². The molecule has 1 atom stereocenters. The van der Waals surface area contributed by atoms with Crippen LogP contribution in [-0.2, 0) is 21.8 Å². The standard InChI is InChI=1S/C18H24N2O2S2/c21-24(22)2-1-15(11-24)19-9-16-10-23-17(20-16)18-6-12-3-13(7-18)5-14(4-12)8-18/h1-2,10,12-15,19H,3-9,11H2/t12?,13?,14?,15-,18?/m1/s1. The van der Waals surface area contributed by atoms with Crippen molar-refractivity contribution in [3.63, 3.8) is 0 Å². The number of sulfone groups is 1. The number of hydrogen-bond acceptors (Lipinski definition) is 5. The second kappa shape index (κ2) is 5.39. The Morgan fingerprint density at radius 1 is 1.17 bits per heavy atom. The fourth-order valence-corrected chi connectivity index (χ4v) is 8.27. The van der Waals surface area contributed by atoms with Gasteiger partial charge in [-0.15, -0.1) is 11.3 Å². The first kappa shape index (κ1) is 15.5. The largest absolute Gasteiger partial charge is 0.304 e. The predicted octanol–water partition coefficient (Wildman–Crippen LogP) is 3.01. The van der Waals surface area contributed by atoms with Crippen molar-refractivity contribution < 1.29 is 8.42 Å². The number of aromatic nitrogens is 1. The summed E-state index contributed by atoms with van der Waals surface area (Å²) >= 11 is 1.83. The molecule has 0 amide bonds. The van der Waals surface area contributed by atoms with Crippen molar-refractivity contribution in [3.8, 4) is 0 Å². The average molecular weight is 365 g/mol. The van der Waals surface area contributed by atoms with Crippen molar-refractivity contribution in [2.24, 2.45) is 17.8 Å². The van der Waals surface area contributed by atoms with E-state index in [9.17, 15) is 8.42 Å². The molecule has 24 heavy (non-hydrogen) atoms. The molecule has 4 saturated carbocycles. The minimum atomic E-state index is -2.99. The summed E-state index contributed by atoms with van der Waals surface area (Å²) < 4.78 is 23.0. The first-order valence-electron chi connectivity index (χ1n) is 9.09.